The quantitative estimate of drug-likeness (QED) is 0.325. The third-order valence-electron chi connectivity index (χ3n) is 7.91. The number of carbonyl (C=O) groups is 1. The van der Waals surface area contributed by atoms with Gasteiger partial charge >= 0.3 is 5.97 Å². The second kappa shape index (κ2) is 10.3. The number of fused-ring (bicyclic) bond motifs is 1. The van der Waals surface area contributed by atoms with Crippen LogP contribution in [0.1, 0.15) is 90.4 Å². The van der Waals surface area contributed by atoms with Gasteiger partial charge in [0.1, 0.15) is 0 Å². The molecule has 4 heteroatoms. The molecule has 164 valence electrons. The van der Waals surface area contributed by atoms with Crippen molar-refractivity contribution < 1.29 is 20.1 Å². The molecule has 3 aliphatic rings. The number of rotatable bonds is 11. The van der Waals surface area contributed by atoms with Crippen LogP contribution >= 0.6 is 0 Å². The van der Waals surface area contributed by atoms with Crippen molar-refractivity contribution in [2.24, 2.45) is 23.2 Å². The Bertz CT molecular complexity index is 604. The summed E-state index contributed by atoms with van der Waals surface area (Å²) in [4.78, 5) is 10.7. The summed E-state index contributed by atoms with van der Waals surface area (Å²) in [5, 5.41) is 30.3. The summed E-state index contributed by atoms with van der Waals surface area (Å²) < 4.78 is 0. The lowest BCUT2D eigenvalue weighted by molar-refractivity contribution is -0.137. The predicted molar refractivity (Wildman–Crippen MR) is 115 cm³/mol. The van der Waals surface area contributed by atoms with E-state index >= 15 is 0 Å². The predicted octanol–water partition coefficient (Wildman–Crippen LogP) is 5.24. The molecule has 0 aromatic carbocycles. The molecule has 3 fully saturated rings. The van der Waals surface area contributed by atoms with E-state index in [-0.39, 0.29) is 30.0 Å². The maximum Gasteiger partial charge on any atom is 0.303 e. The summed E-state index contributed by atoms with van der Waals surface area (Å²) in [5.41, 5.74) is 1.52. The maximum absolute atomic E-state index is 10.9. The third-order valence-corrected chi connectivity index (χ3v) is 7.91. The molecule has 0 aromatic rings. The van der Waals surface area contributed by atoms with E-state index in [1.54, 1.807) is 0 Å². The molecule has 0 unspecified atom stereocenters. The Kier molecular flexibility index (Phi) is 7.98. The van der Waals surface area contributed by atoms with Gasteiger partial charge in [0.15, 0.2) is 0 Å². The highest BCUT2D eigenvalue weighted by Gasteiger charge is 2.46. The van der Waals surface area contributed by atoms with Crippen molar-refractivity contribution >= 4 is 5.97 Å². The molecule has 0 saturated heterocycles. The van der Waals surface area contributed by atoms with Crippen LogP contribution in [0.15, 0.2) is 23.8 Å². The van der Waals surface area contributed by atoms with Gasteiger partial charge in [-0.05, 0) is 68.6 Å². The van der Waals surface area contributed by atoms with Crippen molar-refractivity contribution in [1.82, 2.24) is 0 Å². The third kappa shape index (κ3) is 5.52. The van der Waals surface area contributed by atoms with E-state index in [1.807, 2.05) is 6.08 Å². The number of aliphatic carboxylic acids is 1. The smallest absolute Gasteiger partial charge is 0.303 e. The fourth-order valence-electron chi connectivity index (χ4n) is 5.99. The lowest BCUT2D eigenvalue weighted by Crippen LogP contribution is -2.40. The van der Waals surface area contributed by atoms with Crippen molar-refractivity contribution in [2.75, 3.05) is 0 Å². The zero-order valence-electron chi connectivity index (χ0n) is 18.1. The lowest BCUT2D eigenvalue weighted by atomic mass is 9.62. The second-order valence-electron chi connectivity index (χ2n) is 9.86. The number of aliphatic hydroxyl groups excluding tert-OH is 2. The molecule has 4 nitrogen and oxygen atoms in total. The summed E-state index contributed by atoms with van der Waals surface area (Å²) in [5.74, 6) is 0.422. The molecule has 29 heavy (non-hydrogen) atoms. The van der Waals surface area contributed by atoms with Crippen LogP contribution in [-0.4, -0.2) is 33.5 Å². The minimum atomic E-state index is -0.725. The van der Waals surface area contributed by atoms with Crippen LogP contribution in [0.2, 0.25) is 0 Å². The van der Waals surface area contributed by atoms with Crippen LogP contribution in [0.25, 0.3) is 0 Å². The highest BCUT2D eigenvalue weighted by Crippen LogP contribution is 2.52. The Labute approximate surface area is 176 Å². The molecule has 5 atom stereocenters. The first-order valence-electron chi connectivity index (χ1n) is 11.9. The summed E-state index contributed by atoms with van der Waals surface area (Å²) in [6.07, 6.45) is 18.6. The number of carboxylic acid groups (broad SMARTS) is 1. The Morgan fingerprint density at radius 2 is 2.03 bits per heavy atom. The first-order chi connectivity index (χ1) is 13.9. The Hall–Kier alpha value is -1.13. The zero-order valence-corrected chi connectivity index (χ0v) is 18.1. The molecule has 0 bridgehead atoms. The van der Waals surface area contributed by atoms with Crippen LogP contribution in [0, 0.1) is 23.2 Å². The van der Waals surface area contributed by atoms with Crippen LogP contribution in [-0.2, 0) is 4.79 Å². The Morgan fingerprint density at radius 3 is 2.69 bits per heavy atom. The fraction of sp³-hybridized carbons (Fsp3) is 0.800. The van der Waals surface area contributed by atoms with Crippen molar-refractivity contribution in [3.8, 4) is 0 Å². The van der Waals surface area contributed by atoms with Gasteiger partial charge in [0, 0.05) is 12.3 Å². The number of allylic oxidation sites excluding steroid dienone is 2. The lowest BCUT2D eigenvalue weighted by Gasteiger charge is -2.45. The molecule has 0 aliphatic heterocycles. The summed E-state index contributed by atoms with van der Waals surface area (Å²) in [6.45, 7) is 2.22. The molecular weight excluding hydrogens is 364 g/mol. The van der Waals surface area contributed by atoms with Crippen LogP contribution in [0.5, 0.6) is 0 Å². The molecule has 0 heterocycles. The Balaban J connectivity index is 1.54. The zero-order chi connectivity index (χ0) is 20.9. The van der Waals surface area contributed by atoms with Gasteiger partial charge in [-0.3, -0.25) is 4.79 Å². The van der Waals surface area contributed by atoms with Gasteiger partial charge < -0.3 is 15.3 Å². The van der Waals surface area contributed by atoms with Gasteiger partial charge in [0.2, 0.25) is 0 Å². The van der Waals surface area contributed by atoms with Gasteiger partial charge in [-0.2, -0.15) is 0 Å². The van der Waals surface area contributed by atoms with Crippen LogP contribution in [0.4, 0.5) is 0 Å². The normalized spacial score (nSPS) is 33.1. The average molecular weight is 405 g/mol. The van der Waals surface area contributed by atoms with Crippen LogP contribution < -0.4 is 0 Å². The topological polar surface area (TPSA) is 77.8 Å². The average Bonchev–Trinajstić information content (AvgIpc) is 3.15. The standard InChI is InChI=1S/C25H40O4/c1-2-3-6-12-25(13-7-14-25)23(27)11-10-20-21-16-18(8-4-5-9-24(28)29)15-19(21)17-22(20)26/h8,10-11,19-23,26-27H,2-7,9,12-17H2,1H3,(H,28,29)/b11-10+,18-8+/t19-,20-,21+,22-,23+/m1/s1. The fourth-order valence-corrected chi connectivity index (χ4v) is 5.99. The van der Waals surface area contributed by atoms with E-state index in [0.717, 1.165) is 44.9 Å². The molecule has 3 aliphatic carbocycles. The number of carboxylic acids is 1. The van der Waals surface area contributed by atoms with Gasteiger partial charge in [-0.25, -0.2) is 0 Å². The highest BCUT2D eigenvalue weighted by molar-refractivity contribution is 5.66. The molecular formula is C25H40O4. The molecule has 3 N–H and O–H groups in total. The van der Waals surface area contributed by atoms with E-state index in [2.05, 4.69) is 19.1 Å². The van der Waals surface area contributed by atoms with E-state index in [0.29, 0.717) is 18.3 Å². The van der Waals surface area contributed by atoms with E-state index in [4.69, 9.17) is 5.11 Å². The number of unbranched alkanes of at least 4 members (excludes halogenated alkanes) is 3. The first-order valence-corrected chi connectivity index (χ1v) is 11.9. The SMILES string of the molecule is CCCCCC1([C@@H](O)/C=C/[C@@H]2[C@H]3C/C(=C/CCCC(=O)O)C[C@@H]3C[C@H]2O)CCC1. The molecule has 0 aromatic heterocycles. The second-order valence-corrected chi connectivity index (χ2v) is 9.86. The number of aliphatic hydroxyl groups is 2. The van der Waals surface area contributed by atoms with Gasteiger partial charge in [0.25, 0.3) is 0 Å². The highest BCUT2D eigenvalue weighted by atomic mass is 16.4. The molecule has 3 saturated carbocycles. The van der Waals surface area contributed by atoms with Crippen LogP contribution in [0.3, 0.4) is 0 Å². The summed E-state index contributed by atoms with van der Waals surface area (Å²) in [6, 6.07) is 0. The monoisotopic (exact) mass is 404 g/mol. The van der Waals surface area contributed by atoms with Crippen molar-refractivity contribution in [2.45, 2.75) is 103 Å². The summed E-state index contributed by atoms with van der Waals surface area (Å²) >= 11 is 0. The first kappa shape index (κ1) is 22.6. The van der Waals surface area contributed by atoms with Crippen molar-refractivity contribution in [1.29, 1.82) is 0 Å². The van der Waals surface area contributed by atoms with Gasteiger partial charge in [-0.1, -0.05) is 56.4 Å². The van der Waals surface area contributed by atoms with Gasteiger partial charge in [0.05, 0.1) is 12.2 Å². The largest absolute Gasteiger partial charge is 0.481 e. The molecule has 0 spiro atoms. The van der Waals surface area contributed by atoms with Crippen molar-refractivity contribution in [3.05, 3.63) is 23.8 Å². The van der Waals surface area contributed by atoms with Gasteiger partial charge in [-0.15, -0.1) is 0 Å². The minimum Gasteiger partial charge on any atom is -0.481 e. The molecule has 0 amide bonds. The Morgan fingerprint density at radius 1 is 1.24 bits per heavy atom. The van der Waals surface area contributed by atoms with E-state index in [9.17, 15) is 15.0 Å². The molecule has 3 rings (SSSR count). The van der Waals surface area contributed by atoms with E-state index in [1.165, 1.54) is 31.3 Å². The molecule has 0 radical (unpaired) electrons. The summed E-state index contributed by atoms with van der Waals surface area (Å²) in [7, 11) is 0. The minimum absolute atomic E-state index is 0.0828. The van der Waals surface area contributed by atoms with Crippen molar-refractivity contribution in [3.63, 3.8) is 0 Å². The maximum atomic E-state index is 10.9. The number of hydrogen-bond acceptors (Lipinski definition) is 3. The number of hydrogen-bond donors (Lipinski definition) is 3. The van der Waals surface area contributed by atoms with E-state index < -0.39 is 5.97 Å².